The fourth-order valence-electron chi connectivity index (χ4n) is 0.702. The van der Waals surface area contributed by atoms with Gasteiger partial charge >= 0.3 is 0 Å². The van der Waals surface area contributed by atoms with Gasteiger partial charge in [0.1, 0.15) is 14.2 Å². The highest BCUT2D eigenvalue weighted by molar-refractivity contribution is 7.86. The Hall–Kier alpha value is -0.313. The summed E-state index contributed by atoms with van der Waals surface area (Å²) in [5.74, 6) is 2.88. The van der Waals surface area contributed by atoms with E-state index >= 15 is 0 Å². The van der Waals surface area contributed by atoms with Crippen LogP contribution < -0.4 is 0 Å². The maximum absolute atomic E-state index is 10.8. The zero-order valence-corrected chi connectivity index (χ0v) is 11.2. The lowest BCUT2D eigenvalue weighted by atomic mass is 10.3. The first-order valence-corrected chi connectivity index (χ1v) is 9.86. The SMILES string of the molecule is CC[C@@H](C#C[Si](C)(C)C)OS(C)(=O)=O. The molecule has 1 atom stereocenters. The van der Waals surface area contributed by atoms with Crippen molar-refractivity contribution in [2.45, 2.75) is 39.1 Å². The molecule has 0 aromatic heterocycles. The lowest BCUT2D eigenvalue weighted by Gasteiger charge is -2.09. The lowest BCUT2D eigenvalue weighted by Crippen LogP contribution is -2.20. The Bertz CT molecular complexity index is 329. The average molecular weight is 234 g/mol. The minimum Gasteiger partial charge on any atom is -0.254 e. The highest BCUT2D eigenvalue weighted by Crippen LogP contribution is 2.03. The molecule has 0 fully saturated rings. The van der Waals surface area contributed by atoms with E-state index in [0.29, 0.717) is 6.42 Å². The highest BCUT2D eigenvalue weighted by Gasteiger charge is 2.12. The van der Waals surface area contributed by atoms with Gasteiger partial charge in [-0.1, -0.05) is 32.5 Å². The molecule has 0 saturated heterocycles. The summed E-state index contributed by atoms with van der Waals surface area (Å²) in [7, 11) is -4.84. The molecule has 0 radical (unpaired) electrons. The van der Waals surface area contributed by atoms with E-state index in [1.165, 1.54) is 0 Å². The summed E-state index contributed by atoms with van der Waals surface area (Å²) in [6, 6.07) is 0. The number of rotatable bonds is 3. The van der Waals surface area contributed by atoms with Crippen molar-refractivity contribution in [1.29, 1.82) is 0 Å². The minimum atomic E-state index is -3.39. The van der Waals surface area contributed by atoms with Crippen molar-refractivity contribution >= 4 is 18.2 Å². The highest BCUT2D eigenvalue weighted by atomic mass is 32.2. The molecule has 0 aromatic rings. The van der Waals surface area contributed by atoms with E-state index < -0.39 is 24.3 Å². The zero-order valence-electron chi connectivity index (χ0n) is 9.42. The Morgan fingerprint density at radius 1 is 1.36 bits per heavy atom. The second-order valence-electron chi connectivity index (χ2n) is 4.22. The van der Waals surface area contributed by atoms with Crippen LogP contribution in [-0.2, 0) is 14.3 Å². The van der Waals surface area contributed by atoms with Crippen molar-refractivity contribution < 1.29 is 12.6 Å². The van der Waals surface area contributed by atoms with E-state index in [-0.39, 0.29) is 0 Å². The molecule has 0 aliphatic carbocycles. The van der Waals surface area contributed by atoms with Crippen molar-refractivity contribution in [2.24, 2.45) is 0 Å². The molecule has 82 valence electrons. The molecule has 0 aromatic carbocycles. The maximum atomic E-state index is 10.8. The molecule has 0 aliphatic rings. The van der Waals surface area contributed by atoms with Gasteiger partial charge in [-0.15, -0.1) is 5.54 Å². The summed E-state index contributed by atoms with van der Waals surface area (Å²) in [6.07, 6.45) is 1.15. The van der Waals surface area contributed by atoms with Gasteiger partial charge in [0.2, 0.25) is 0 Å². The summed E-state index contributed by atoms with van der Waals surface area (Å²) in [5.41, 5.74) is 3.09. The van der Waals surface area contributed by atoms with Crippen molar-refractivity contribution in [2.75, 3.05) is 6.26 Å². The van der Waals surface area contributed by atoms with Crippen molar-refractivity contribution in [3.05, 3.63) is 0 Å². The van der Waals surface area contributed by atoms with Crippen LogP contribution in [0, 0.1) is 11.5 Å². The summed E-state index contributed by atoms with van der Waals surface area (Å²) >= 11 is 0. The predicted octanol–water partition coefficient (Wildman–Crippen LogP) is 1.62. The summed E-state index contributed by atoms with van der Waals surface area (Å²) in [5, 5.41) is 0. The van der Waals surface area contributed by atoms with Gasteiger partial charge in [-0.25, -0.2) is 0 Å². The Morgan fingerprint density at radius 2 is 1.86 bits per heavy atom. The summed E-state index contributed by atoms with van der Waals surface area (Å²) in [4.78, 5) is 0. The van der Waals surface area contributed by atoms with E-state index in [4.69, 9.17) is 4.18 Å². The van der Waals surface area contributed by atoms with E-state index in [0.717, 1.165) is 6.26 Å². The van der Waals surface area contributed by atoms with Crippen LogP contribution in [-0.4, -0.2) is 28.9 Å². The molecule has 0 N–H and O–H groups in total. The molecule has 0 rings (SSSR count). The summed E-state index contributed by atoms with van der Waals surface area (Å²) in [6.45, 7) is 8.17. The van der Waals surface area contributed by atoms with Gasteiger partial charge in [0.25, 0.3) is 10.1 Å². The van der Waals surface area contributed by atoms with Gasteiger partial charge in [-0.05, 0) is 6.42 Å². The fraction of sp³-hybridized carbons (Fsp3) is 0.778. The van der Waals surface area contributed by atoms with Crippen LogP contribution in [0.5, 0.6) is 0 Å². The van der Waals surface area contributed by atoms with Gasteiger partial charge in [-0.3, -0.25) is 4.18 Å². The Morgan fingerprint density at radius 3 is 2.14 bits per heavy atom. The van der Waals surface area contributed by atoms with E-state index in [9.17, 15) is 8.42 Å². The second kappa shape index (κ2) is 4.96. The first kappa shape index (κ1) is 13.7. The monoisotopic (exact) mass is 234 g/mol. The normalized spacial score (nSPS) is 14.4. The Balaban J connectivity index is 4.52. The molecule has 0 amide bonds. The van der Waals surface area contributed by atoms with E-state index in [1.54, 1.807) is 0 Å². The van der Waals surface area contributed by atoms with Crippen LogP contribution >= 0.6 is 0 Å². The third-order valence-electron chi connectivity index (χ3n) is 1.27. The number of hydrogen-bond acceptors (Lipinski definition) is 3. The molecule has 0 aliphatic heterocycles. The lowest BCUT2D eigenvalue weighted by molar-refractivity contribution is 0.263. The first-order valence-electron chi connectivity index (χ1n) is 4.55. The van der Waals surface area contributed by atoms with Crippen LogP contribution in [0.25, 0.3) is 0 Å². The van der Waals surface area contributed by atoms with E-state index in [2.05, 4.69) is 31.1 Å². The van der Waals surface area contributed by atoms with Crippen LogP contribution in [0.1, 0.15) is 13.3 Å². The number of hydrogen-bond donors (Lipinski definition) is 0. The molecular weight excluding hydrogens is 216 g/mol. The van der Waals surface area contributed by atoms with Gasteiger partial charge in [0, 0.05) is 0 Å². The van der Waals surface area contributed by atoms with Crippen molar-refractivity contribution in [1.82, 2.24) is 0 Å². The van der Waals surface area contributed by atoms with E-state index in [1.807, 2.05) is 6.92 Å². The molecule has 0 spiro atoms. The van der Waals surface area contributed by atoms with Crippen LogP contribution in [0.15, 0.2) is 0 Å². The second-order valence-corrected chi connectivity index (χ2v) is 10.6. The standard InChI is InChI=1S/C9H18O3SSi/c1-6-9(12-13(2,10)11)7-8-14(3,4)5/h9H,6H2,1-5H3/t9-/m0/s1. The minimum absolute atomic E-state index is 0.489. The first-order chi connectivity index (χ1) is 6.14. The Labute approximate surface area is 88.0 Å². The summed E-state index contributed by atoms with van der Waals surface area (Å²) < 4.78 is 26.5. The quantitative estimate of drug-likeness (QED) is 0.423. The van der Waals surface area contributed by atoms with Gasteiger partial charge in [0.05, 0.1) is 6.26 Å². The third kappa shape index (κ3) is 8.29. The molecule has 5 heteroatoms. The van der Waals surface area contributed by atoms with Crippen LogP contribution in [0.3, 0.4) is 0 Å². The van der Waals surface area contributed by atoms with Gasteiger partial charge in [0.15, 0.2) is 0 Å². The predicted molar refractivity (Wildman–Crippen MR) is 61.1 cm³/mol. The van der Waals surface area contributed by atoms with Crippen molar-refractivity contribution in [3.8, 4) is 11.5 Å². The van der Waals surface area contributed by atoms with Gasteiger partial charge < -0.3 is 0 Å². The molecule has 0 unspecified atom stereocenters. The maximum Gasteiger partial charge on any atom is 0.265 e. The average Bonchev–Trinajstić information content (AvgIpc) is 1.94. The van der Waals surface area contributed by atoms with Crippen LogP contribution in [0.4, 0.5) is 0 Å². The Kier molecular flexibility index (Phi) is 4.85. The topological polar surface area (TPSA) is 43.4 Å². The van der Waals surface area contributed by atoms with Crippen LogP contribution in [0.2, 0.25) is 19.6 Å². The fourth-order valence-corrected chi connectivity index (χ4v) is 1.90. The molecule has 3 nitrogen and oxygen atoms in total. The van der Waals surface area contributed by atoms with Gasteiger partial charge in [-0.2, -0.15) is 8.42 Å². The molecular formula is C9H18O3SSi. The zero-order chi connectivity index (χ0) is 11.4. The van der Waals surface area contributed by atoms with Crippen molar-refractivity contribution in [3.63, 3.8) is 0 Å². The third-order valence-corrected chi connectivity index (χ3v) is 2.75. The molecule has 0 bridgehead atoms. The largest absolute Gasteiger partial charge is 0.265 e. The molecule has 0 saturated carbocycles. The smallest absolute Gasteiger partial charge is 0.254 e. The molecule has 14 heavy (non-hydrogen) atoms. The molecule has 0 heterocycles.